The molecule has 27 heavy (non-hydrogen) atoms. The molecule has 0 radical (unpaired) electrons. The molecule has 0 bridgehead atoms. The summed E-state index contributed by atoms with van der Waals surface area (Å²) in [5.41, 5.74) is 1.13. The zero-order valence-electron chi connectivity index (χ0n) is 16.3. The molecule has 0 unspecified atom stereocenters. The molecular weight excluding hydrogens is 340 g/mol. The van der Waals surface area contributed by atoms with E-state index in [1.165, 1.54) is 0 Å². The van der Waals surface area contributed by atoms with Crippen LogP contribution in [0.3, 0.4) is 0 Å². The van der Waals surface area contributed by atoms with E-state index in [0.717, 1.165) is 31.6 Å². The summed E-state index contributed by atoms with van der Waals surface area (Å²) in [6.45, 7) is 7.77. The van der Waals surface area contributed by atoms with Gasteiger partial charge in [0.15, 0.2) is 5.96 Å². The second kappa shape index (κ2) is 11.7. The Bertz CT molecular complexity index is 684. The maximum Gasteiger partial charge on any atom is 0.244 e. The summed E-state index contributed by atoms with van der Waals surface area (Å²) in [7, 11) is 0. The smallest absolute Gasteiger partial charge is 0.244 e. The van der Waals surface area contributed by atoms with Gasteiger partial charge < -0.3 is 15.5 Å². The van der Waals surface area contributed by atoms with Crippen molar-refractivity contribution in [1.29, 1.82) is 0 Å². The molecule has 7 heteroatoms. The highest BCUT2D eigenvalue weighted by atomic mass is 16.2. The lowest BCUT2D eigenvalue weighted by Gasteiger charge is -2.20. The Labute approximate surface area is 161 Å². The molecule has 1 amide bonds. The largest absolute Gasteiger partial charge is 0.357 e. The van der Waals surface area contributed by atoms with Crippen molar-refractivity contribution in [2.45, 2.75) is 33.4 Å². The van der Waals surface area contributed by atoms with Crippen molar-refractivity contribution in [3.63, 3.8) is 0 Å². The first-order valence-corrected chi connectivity index (χ1v) is 9.54. The number of carbonyl (C=O) groups excluding carboxylic acids is 1. The summed E-state index contributed by atoms with van der Waals surface area (Å²) in [5.74, 6) is 0.692. The fourth-order valence-electron chi connectivity index (χ4n) is 2.65. The molecule has 1 aromatic heterocycles. The maximum atomic E-state index is 12.5. The zero-order chi connectivity index (χ0) is 19.3. The Kier molecular flexibility index (Phi) is 8.89. The van der Waals surface area contributed by atoms with Gasteiger partial charge in [0, 0.05) is 45.1 Å². The lowest BCUT2D eigenvalue weighted by atomic mass is 10.2. The van der Waals surface area contributed by atoms with Crippen LogP contribution in [-0.2, 0) is 17.9 Å². The third-order valence-electron chi connectivity index (χ3n) is 4.08. The van der Waals surface area contributed by atoms with E-state index in [9.17, 15) is 4.79 Å². The molecule has 0 fully saturated rings. The first kappa shape index (κ1) is 20.5. The highest BCUT2D eigenvalue weighted by Gasteiger charge is 2.12. The van der Waals surface area contributed by atoms with Crippen LogP contribution in [0.5, 0.6) is 0 Å². The molecule has 1 aromatic carbocycles. The van der Waals surface area contributed by atoms with E-state index in [1.54, 1.807) is 6.20 Å². The normalized spacial score (nSPS) is 11.3. The van der Waals surface area contributed by atoms with Crippen molar-refractivity contribution in [1.82, 2.24) is 25.3 Å². The first-order chi connectivity index (χ1) is 13.2. The van der Waals surface area contributed by atoms with Gasteiger partial charge in [0.2, 0.25) is 5.91 Å². The lowest BCUT2D eigenvalue weighted by Crippen LogP contribution is -2.39. The van der Waals surface area contributed by atoms with E-state index in [4.69, 9.17) is 0 Å². The van der Waals surface area contributed by atoms with Crippen LogP contribution >= 0.6 is 0 Å². The minimum absolute atomic E-state index is 0.0232. The van der Waals surface area contributed by atoms with Crippen molar-refractivity contribution in [3.8, 4) is 0 Å². The van der Waals surface area contributed by atoms with Gasteiger partial charge in [-0.2, -0.15) is 5.10 Å². The second-order valence-corrected chi connectivity index (χ2v) is 6.14. The highest BCUT2D eigenvalue weighted by Crippen LogP contribution is 2.04. The number of amides is 1. The van der Waals surface area contributed by atoms with Crippen LogP contribution in [0.2, 0.25) is 0 Å². The molecule has 1 heterocycles. The molecule has 0 aliphatic rings. The number of rotatable bonds is 10. The molecule has 2 aromatic rings. The molecule has 0 saturated heterocycles. The second-order valence-electron chi connectivity index (χ2n) is 6.14. The van der Waals surface area contributed by atoms with Crippen LogP contribution in [0, 0.1) is 0 Å². The SMILES string of the molecule is CCNC(=NCC(=O)N(CC)Cc1ccccc1)NCCCn1cccn1. The van der Waals surface area contributed by atoms with Gasteiger partial charge in [0.1, 0.15) is 6.54 Å². The zero-order valence-corrected chi connectivity index (χ0v) is 16.3. The molecule has 0 spiro atoms. The van der Waals surface area contributed by atoms with Gasteiger partial charge in [-0.3, -0.25) is 9.48 Å². The Morgan fingerprint density at radius 1 is 1.19 bits per heavy atom. The fourth-order valence-corrected chi connectivity index (χ4v) is 2.65. The summed E-state index contributed by atoms with van der Waals surface area (Å²) < 4.78 is 1.90. The number of likely N-dealkylation sites (N-methyl/N-ethyl adjacent to an activating group) is 1. The number of benzene rings is 1. The van der Waals surface area contributed by atoms with Crippen LogP contribution in [-0.4, -0.2) is 52.7 Å². The van der Waals surface area contributed by atoms with E-state index >= 15 is 0 Å². The third kappa shape index (κ3) is 7.52. The molecule has 0 atom stereocenters. The van der Waals surface area contributed by atoms with Crippen molar-refractivity contribution in [3.05, 3.63) is 54.4 Å². The molecule has 0 aliphatic heterocycles. The van der Waals surface area contributed by atoms with Crippen molar-refractivity contribution >= 4 is 11.9 Å². The van der Waals surface area contributed by atoms with Crippen LogP contribution in [0.4, 0.5) is 0 Å². The molecule has 7 nitrogen and oxygen atoms in total. The van der Waals surface area contributed by atoms with Gasteiger partial charge in [-0.15, -0.1) is 0 Å². The number of aromatic nitrogens is 2. The van der Waals surface area contributed by atoms with Crippen LogP contribution in [0.1, 0.15) is 25.8 Å². The molecule has 0 saturated carbocycles. The highest BCUT2D eigenvalue weighted by molar-refractivity contribution is 5.84. The number of aliphatic imine (C=N–C) groups is 1. The van der Waals surface area contributed by atoms with Gasteiger partial charge in [0.25, 0.3) is 0 Å². The van der Waals surface area contributed by atoms with E-state index in [1.807, 2.05) is 66.0 Å². The Hall–Kier alpha value is -2.83. The van der Waals surface area contributed by atoms with Crippen LogP contribution in [0.15, 0.2) is 53.8 Å². The molecule has 146 valence electrons. The van der Waals surface area contributed by atoms with E-state index in [-0.39, 0.29) is 12.5 Å². The monoisotopic (exact) mass is 370 g/mol. The first-order valence-electron chi connectivity index (χ1n) is 9.54. The maximum absolute atomic E-state index is 12.5. The van der Waals surface area contributed by atoms with E-state index in [0.29, 0.717) is 19.0 Å². The number of aryl methyl sites for hydroxylation is 1. The van der Waals surface area contributed by atoms with Gasteiger partial charge in [0.05, 0.1) is 0 Å². The summed E-state index contributed by atoms with van der Waals surface area (Å²) in [5, 5.41) is 10.6. The van der Waals surface area contributed by atoms with Crippen molar-refractivity contribution in [2.75, 3.05) is 26.2 Å². The average Bonchev–Trinajstić information content (AvgIpc) is 3.21. The standard InChI is InChI=1S/C20H30N6O/c1-3-21-20(22-12-8-14-26-15-9-13-24-26)23-16-19(27)25(4-2)17-18-10-6-5-7-11-18/h5-7,9-11,13,15H,3-4,8,12,14,16-17H2,1-2H3,(H2,21,22,23). The molecule has 2 rings (SSSR count). The van der Waals surface area contributed by atoms with E-state index in [2.05, 4.69) is 20.7 Å². The van der Waals surface area contributed by atoms with Gasteiger partial charge in [-0.1, -0.05) is 30.3 Å². The fraction of sp³-hybridized carbons (Fsp3) is 0.450. The Morgan fingerprint density at radius 3 is 2.67 bits per heavy atom. The number of guanidine groups is 1. The summed E-state index contributed by atoms with van der Waals surface area (Å²) in [6, 6.07) is 11.9. The number of hydrogen-bond donors (Lipinski definition) is 2. The van der Waals surface area contributed by atoms with Gasteiger partial charge in [-0.05, 0) is 31.9 Å². The molecular formula is C20H30N6O. The minimum Gasteiger partial charge on any atom is -0.357 e. The summed E-state index contributed by atoms with van der Waals surface area (Å²) in [4.78, 5) is 18.8. The topological polar surface area (TPSA) is 74.6 Å². The number of nitrogens with one attached hydrogen (secondary N) is 2. The minimum atomic E-state index is 0.0232. The van der Waals surface area contributed by atoms with Crippen LogP contribution < -0.4 is 10.6 Å². The Morgan fingerprint density at radius 2 is 2.00 bits per heavy atom. The predicted molar refractivity (Wildman–Crippen MR) is 108 cm³/mol. The summed E-state index contributed by atoms with van der Waals surface area (Å²) in [6.07, 6.45) is 4.65. The van der Waals surface area contributed by atoms with Crippen molar-refractivity contribution in [2.24, 2.45) is 4.99 Å². The summed E-state index contributed by atoms with van der Waals surface area (Å²) >= 11 is 0. The molecule has 0 aliphatic carbocycles. The van der Waals surface area contributed by atoms with E-state index < -0.39 is 0 Å². The van der Waals surface area contributed by atoms with Gasteiger partial charge >= 0.3 is 0 Å². The Balaban J connectivity index is 1.81. The van der Waals surface area contributed by atoms with Crippen molar-refractivity contribution < 1.29 is 4.79 Å². The average molecular weight is 371 g/mol. The number of hydrogen-bond acceptors (Lipinski definition) is 3. The number of carbonyl (C=O) groups is 1. The quantitative estimate of drug-likeness (QED) is 0.380. The lowest BCUT2D eigenvalue weighted by molar-refractivity contribution is -0.130. The third-order valence-corrected chi connectivity index (χ3v) is 4.08. The number of nitrogens with zero attached hydrogens (tertiary/aromatic N) is 4. The predicted octanol–water partition coefficient (Wildman–Crippen LogP) is 1.88. The van der Waals surface area contributed by atoms with Gasteiger partial charge in [-0.25, -0.2) is 4.99 Å². The van der Waals surface area contributed by atoms with Crippen LogP contribution in [0.25, 0.3) is 0 Å². The molecule has 2 N–H and O–H groups in total.